The van der Waals surface area contributed by atoms with Gasteiger partial charge in [-0.05, 0) is 12.8 Å². The summed E-state index contributed by atoms with van der Waals surface area (Å²) in [5.74, 6) is -5.25. The summed E-state index contributed by atoms with van der Waals surface area (Å²) in [4.78, 5) is 0. The third-order valence-electron chi connectivity index (χ3n) is 4.29. The molecule has 0 aromatic heterocycles. The molecule has 0 aliphatic rings. The maximum atomic E-state index is 14.2. The average molecular weight is 479 g/mol. The zero-order chi connectivity index (χ0) is 23.9. The van der Waals surface area contributed by atoms with Gasteiger partial charge in [0.2, 0.25) is 0 Å². The lowest BCUT2D eigenvalue weighted by atomic mass is 10.2. The van der Waals surface area contributed by atoms with Gasteiger partial charge in [0.15, 0.2) is 0 Å². The Morgan fingerprint density at radius 1 is 0.700 bits per heavy atom. The fourth-order valence-electron chi connectivity index (χ4n) is 2.40. The molecule has 0 atom stereocenters. The summed E-state index contributed by atoms with van der Waals surface area (Å²) in [6.07, 6.45) is -8.70. The van der Waals surface area contributed by atoms with E-state index in [0.29, 0.717) is 25.7 Å². The molecule has 0 bridgehead atoms. The van der Waals surface area contributed by atoms with Crippen molar-refractivity contribution in [1.29, 1.82) is 0 Å². The molecular formula is C17H29F8NO3S. The van der Waals surface area contributed by atoms with Crippen LogP contribution >= 0.6 is 0 Å². The summed E-state index contributed by atoms with van der Waals surface area (Å²) in [7, 11) is -6.20. The number of alkyl halides is 8. The maximum absolute atomic E-state index is 14.2. The Morgan fingerprint density at radius 3 is 1.43 bits per heavy atom. The summed E-state index contributed by atoms with van der Waals surface area (Å²) in [6.45, 7) is 2.05. The Bertz CT molecular complexity index is 597. The van der Waals surface area contributed by atoms with E-state index in [1.807, 2.05) is 13.8 Å². The van der Waals surface area contributed by atoms with Crippen molar-refractivity contribution in [2.24, 2.45) is 0 Å². The fourth-order valence-corrected chi connectivity index (χ4v) is 3.81. The van der Waals surface area contributed by atoms with E-state index in [1.165, 1.54) is 0 Å². The van der Waals surface area contributed by atoms with Gasteiger partial charge in [-0.2, -0.15) is 39.4 Å². The number of sulfonamides is 1. The number of rotatable bonds is 16. The quantitative estimate of drug-likeness (QED) is 0.195. The monoisotopic (exact) mass is 479 g/mol. The average Bonchev–Trinajstić information content (AvgIpc) is 2.58. The highest BCUT2D eigenvalue weighted by Crippen LogP contribution is 2.47. The molecule has 0 radical (unpaired) electrons. The molecule has 4 nitrogen and oxygen atoms in total. The first-order valence-corrected chi connectivity index (χ1v) is 11.1. The smallest absolute Gasteiger partial charge is 0.245 e. The lowest BCUT2D eigenvalue weighted by Crippen LogP contribution is -2.58. The largest absolute Gasteiger partial charge is 0.448 e. The van der Waals surface area contributed by atoms with E-state index in [-0.39, 0.29) is 17.1 Å². The van der Waals surface area contributed by atoms with Crippen molar-refractivity contribution >= 4 is 10.0 Å². The van der Waals surface area contributed by atoms with Crippen molar-refractivity contribution in [1.82, 2.24) is 4.31 Å². The molecule has 0 saturated heterocycles. The van der Waals surface area contributed by atoms with E-state index in [0.717, 1.165) is 12.8 Å². The van der Waals surface area contributed by atoms with Crippen LogP contribution in [0.15, 0.2) is 0 Å². The van der Waals surface area contributed by atoms with Gasteiger partial charge in [0, 0.05) is 20.0 Å². The Labute approximate surface area is 172 Å². The molecule has 13 heteroatoms. The predicted octanol–water partition coefficient (Wildman–Crippen LogP) is 6.23. The van der Waals surface area contributed by atoms with E-state index < -0.39 is 53.4 Å². The highest BCUT2D eigenvalue weighted by Gasteiger charge is 2.73. The number of ether oxygens (including phenoxy) is 1. The maximum Gasteiger partial charge on any atom is 0.448 e. The van der Waals surface area contributed by atoms with Gasteiger partial charge in [0.25, 0.3) is 10.0 Å². The van der Waals surface area contributed by atoms with Crippen LogP contribution in [0.2, 0.25) is 0 Å². The predicted molar refractivity (Wildman–Crippen MR) is 95.3 cm³/mol. The topological polar surface area (TPSA) is 46.6 Å². The van der Waals surface area contributed by atoms with E-state index >= 15 is 0 Å². The first-order chi connectivity index (χ1) is 13.5. The van der Waals surface area contributed by atoms with Crippen molar-refractivity contribution in [2.45, 2.75) is 95.5 Å². The lowest BCUT2D eigenvalue weighted by Gasteiger charge is -2.34. The van der Waals surface area contributed by atoms with Crippen molar-refractivity contribution < 1.29 is 48.3 Å². The van der Waals surface area contributed by atoms with Crippen LogP contribution in [0.25, 0.3) is 0 Å². The molecule has 0 aliphatic carbocycles. The molecule has 0 heterocycles. The van der Waals surface area contributed by atoms with Gasteiger partial charge in [-0.3, -0.25) is 0 Å². The summed E-state index contributed by atoms with van der Waals surface area (Å²) in [5.41, 5.74) is 0. The molecule has 30 heavy (non-hydrogen) atoms. The Balaban J connectivity index is 5.71. The van der Waals surface area contributed by atoms with E-state index in [4.69, 9.17) is 0 Å². The minimum atomic E-state index is -6.40. The van der Waals surface area contributed by atoms with Gasteiger partial charge < -0.3 is 0 Å². The van der Waals surface area contributed by atoms with E-state index in [9.17, 15) is 43.5 Å². The van der Waals surface area contributed by atoms with E-state index in [2.05, 4.69) is 4.74 Å². The molecule has 0 fully saturated rings. The standard InChI is InChI=1S/C17H29F8NO3S/c1-4-6-8-10-12-26(13-11-9-7-5-2)30(27,28)17(24,25)16(22,23)29-15(20,21)14(3,18)19/h4-13H2,1-3H3. The number of hydrogen-bond acceptors (Lipinski definition) is 3. The summed E-state index contributed by atoms with van der Waals surface area (Å²) < 4.78 is 135. The van der Waals surface area contributed by atoms with Crippen molar-refractivity contribution in [3.8, 4) is 0 Å². The molecule has 0 saturated carbocycles. The molecule has 182 valence electrons. The normalized spacial score (nSPS) is 14.5. The SMILES string of the molecule is CCCCCCN(CCCCCC)S(=O)(=O)C(F)(F)C(F)(F)OC(F)(F)C(C)(F)F. The van der Waals surface area contributed by atoms with Gasteiger partial charge >= 0.3 is 23.4 Å². The number of halogens is 8. The van der Waals surface area contributed by atoms with Gasteiger partial charge in [-0.1, -0.05) is 52.4 Å². The third-order valence-corrected chi connectivity index (χ3v) is 6.22. The lowest BCUT2D eigenvalue weighted by molar-refractivity contribution is -0.453. The second-order valence-electron chi connectivity index (χ2n) is 7.07. The highest BCUT2D eigenvalue weighted by atomic mass is 32.2. The molecule has 0 rings (SSSR count). The van der Waals surface area contributed by atoms with Crippen LogP contribution in [0, 0.1) is 0 Å². The molecular weight excluding hydrogens is 450 g/mol. The Kier molecular flexibility index (Phi) is 11.0. The van der Waals surface area contributed by atoms with Crippen LogP contribution in [0.1, 0.15) is 72.1 Å². The van der Waals surface area contributed by atoms with Crippen LogP contribution in [-0.4, -0.2) is 49.2 Å². The first-order valence-electron chi connectivity index (χ1n) is 9.69. The van der Waals surface area contributed by atoms with Crippen molar-refractivity contribution in [3.63, 3.8) is 0 Å². The Hall–Kier alpha value is -0.690. The molecule has 0 spiro atoms. The molecule has 0 unspecified atom stereocenters. The molecule has 0 aromatic rings. The first kappa shape index (κ1) is 29.3. The van der Waals surface area contributed by atoms with Gasteiger partial charge in [-0.25, -0.2) is 13.2 Å². The van der Waals surface area contributed by atoms with Crippen LogP contribution < -0.4 is 0 Å². The summed E-state index contributed by atoms with van der Waals surface area (Å²) in [5, 5.41) is -6.19. The number of hydrogen-bond donors (Lipinski definition) is 0. The zero-order valence-electron chi connectivity index (χ0n) is 17.2. The molecule has 0 aliphatic heterocycles. The highest BCUT2D eigenvalue weighted by molar-refractivity contribution is 7.90. The van der Waals surface area contributed by atoms with E-state index in [1.54, 1.807) is 0 Å². The fraction of sp³-hybridized carbons (Fsp3) is 1.00. The number of unbranched alkanes of at least 4 members (excludes halogenated alkanes) is 6. The molecule has 0 N–H and O–H groups in total. The second-order valence-corrected chi connectivity index (χ2v) is 9.05. The minimum absolute atomic E-state index is 0.0759. The van der Waals surface area contributed by atoms with Gasteiger partial charge in [0.1, 0.15) is 0 Å². The van der Waals surface area contributed by atoms with Crippen LogP contribution in [0.3, 0.4) is 0 Å². The molecule has 0 amide bonds. The van der Waals surface area contributed by atoms with Gasteiger partial charge in [-0.15, -0.1) is 0 Å². The van der Waals surface area contributed by atoms with Gasteiger partial charge in [0.05, 0.1) is 0 Å². The van der Waals surface area contributed by atoms with Crippen LogP contribution in [-0.2, 0) is 14.8 Å². The minimum Gasteiger partial charge on any atom is -0.245 e. The van der Waals surface area contributed by atoms with Crippen molar-refractivity contribution in [3.05, 3.63) is 0 Å². The summed E-state index contributed by atoms with van der Waals surface area (Å²) >= 11 is 0. The zero-order valence-corrected chi connectivity index (χ0v) is 18.0. The van der Waals surface area contributed by atoms with Crippen LogP contribution in [0.4, 0.5) is 35.1 Å². The Morgan fingerprint density at radius 2 is 1.10 bits per heavy atom. The number of nitrogens with zero attached hydrogens (tertiary/aromatic N) is 1. The molecule has 0 aromatic carbocycles. The third kappa shape index (κ3) is 7.47. The second kappa shape index (κ2) is 11.3. The van der Waals surface area contributed by atoms with Crippen molar-refractivity contribution in [2.75, 3.05) is 13.1 Å². The van der Waals surface area contributed by atoms with Crippen LogP contribution in [0.5, 0.6) is 0 Å². The summed E-state index contributed by atoms with van der Waals surface area (Å²) in [6, 6.07) is 0.